The Morgan fingerprint density at radius 3 is 2.49 bits per heavy atom. The average molecular weight is 468 g/mol. The van der Waals surface area contributed by atoms with E-state index >= 15 is 0 Å². The van der Waals surface area contributed by atoms with E-state index in [1.807, 2.05) is 42.5 Å². The summed E-state index contributed by atoms with van der Waals surface area (Å²) in [5.41, 5.74) is 3.17. The molecule has 0 fully saturated rings. The van der Waals surface area contributed by atoms with Crippen LogP contribution in [0.1, 0.15) is 16.1 Å². The van der Waals surface area contributed by atoms with Gasteiger partial charge in [0.15, 0.2) is 12.4 Å². The van der Waals surface area contributed by atoms with Gasteiger partial charge in [-0.25, -0.2) is 18.7 Å². The molecule has 0 aliphatic carbocycles. The van der Waals surface area contributed by atoms with Crippen LogP contribution in [0, 0.1) is 5.82 Å². The summed E-state index contributed by atoms with van der Waals surface area (Å²) in [5.74, 6) is 0.0642. The van der Waals surface area contributed by atoms with Crippen molar-refractivity contribution in [3.8, 4) is 16.9 Å². The zero-order valence-electron chi connectivity index (χ0n) is 18.6. The van der Waals surface area contributed by atoms with E-state index in [2.05, 4.69) is 32.6 Å². The van der Waals surface area contributed by atoms with Crippen molar-refractivity contribution >= 4 is 11.9 Å². The number of anilines is 1. The number of ether oxygens (including phenoxy) is 1. The maximum Gasteiger partial charge on any atom is 0.278 e. The van der Waals surface area contributed by atoms with E-state index in [0.717, 1.165) is 16.7 Å². The fraction of sp³-hybridized carbons (Fsp3) is 0.0769. The van der Waals surface area contributed by atoms with Gasteiger partial charge in [-0.3, -0.25) is 10.1 Å². The van der Waals surface area contributed by atoms with E-state index in [4.69, 9.17) is 4.74 Å². The third kappa shape index (κ3) is 5.59. The molecule has 0 radical (unpaired) electrons. The molecule has 0 aliphatic rings. The number of halogens is 1. The Bertz CT molecular complexity index is 1430. The molecule has 2 heterocycles. The molecule has 9 heteroatoms. The molecule has 3 aromatic carbocycles. The monoisotopic (exact) mass is 468 g/mol. The fourth-order valence-corrected chi connectivity index (χ4v) is 3.49. The van der Waals surface area contributed by atoms with Crippen LogP contribution in [0.3, 0.4) is 0 Å². The number of nitrogens with one attached hydrogen (secondary N) is 1. The summed E-state index contributed by atoms with van der Waals surface area (Å²) >= 11 is 0. The molecule has 0 bridgehead atoms. The van der Waals surface area contributed by atoms with E-state index in [1.54, 1.807) is 24.4 Å². The quantitative estimate of drug-likeness (QED) is 0.359. The normalized spacial score (nSPS) is 10.8. The SMILES string of the molecule is O=C(Nc1ncn(Cc2cccc(F)c2)n1)c1ccn(COc2ccc(-c3ccccc3)cc2)n1. The smallest absolute Gasteiger partial charge is 0.278 e. The molecule has 0 atom stereocenters. The summed E-state index contributed by atoms with van der Waals surface area (Å²) in [7, 11) is 0. The molecule has 2 aromatic heterocycles. The van der Waals surface area contributed by atoms with Gasteiger partial charge in [0.25, 0.3) is 5.91 Å². The number of aromatic nitrogens is 5. The largest absolute Gasteiger partial charge is 0.471 e. The van der Waals surface area contributed by atoms with Gasteiger partial charge in [-0.05, 0) is 47.0 Å². The summed E-state index contributed by atoms with van der Waals surface area (Å²) in [6, 6.07) is 25.7. The number of amides is 1. The highest BCUT2D eigenvalue weighted by Crippen LogP contribution is 2.22. The van der Waals surface area contributed by atoms with Crippen molar-refractivity contribution < 1.29 is 13.9 Å². The number of hydrogen-bond donors (Lipinski definition) is 1. The molecule has 5 rings (SSSR count). The second kappa shape index (κ2) is 10.0. The Morgan fingerprint density at radius 1 is 0.886 bits per heavy atom. The zero-order valence-corrected chi connectivity index (χ0v) is 18.6. The van der Waals surface area contributed by atoms with Crippen LogP contribution in [-0.4, -0.2) is 30.5 Å². The molecule has 1 N–H and O–H groups in total. The molecule has 0 saturated heterocycles. The summed E-state index contributed by atoms with van der Waals surface area (Å²) in [6.07, 6.45) is 3.12. The van der Waals surface area contributed by atoms with Crippen LogP contribution in [0.5, 0.6) is 5.75 Å². The molecular weight excluding hydrogens is 447 g/mol. The first-order chi connectivity index (χ1) is 17.1. The Labute approximate surface area is 200 Å². The van der Waals surface area contributed by atoms with Gasteiger partial charge in [0.05, 0.1) is 6.54 Å². The highest BCUT2D eigenvalue weighted by molar-refractivity contribution is 6.01. The lowest BCUT2D eigenvalue weighted by atomic mass is 10.1. The van der Waals surface area contributed by atoms with Crippen molar-refractivity contribution in [3.05, 3.63) is 115 Å². The number of benzene rings is 3. The van der Waals surface area contributed by atoms with Gasteiger partial charge in [-0.2, -0.15) is 5.10 Å². The topological polar surface area (TPSA) is 86.9 Å². The molecule has 1 amide bonds. The van der Waals surface area contributed by atoms with Gasteiger partial charge in [0.2, 0.25) is 5.95 Å². The summed E-state index contributed by atoms with van der Waals surface area (Å²) in [4.78, 5) is 16.6. The maximum atomic E-state index is 13.3. The summed E-state index contributed by atoms with van der Waals surface area (Å²) in [6.45, 7) is 0.484. The van der Waals surface area contributed by atoms with Crippen molar-refractivity contribution in [1.29, 1.82) is 0 Å². The highest BCUT2D eigenvalue weighted by Gasteiger charge is 2.13. The van der Waals surface area contributed by atoms with Crippen LogP contribution in [0.15, 0.2) is 97.5 Å². The first kappa shape index (κ1) is 22.0. The van der Waals surface area contributed by atoms with E-state index in [9.17, 15) is 9.18 Å². The molecule has 0 unspecified atom stereocenters. The van der Waals surface area contributed by atoms with Gasteiger partial charge in [0, 0.05) is 6.20 Å². The van der Waals surface area contributed by atoms with Crippen molar-refractivity contribution in [2.75, 3.05) is 5.32 Å². The van der Waals surface area contributed by atoms with Gasteiger partial charge in [-0.15, -0.1) is 5.10 Å². The van der Waals surface area contributed by atoms with Crippen LogP contribution < -0.4 is 10.1 Å². The average Bonchev–Trinajstić information content (AvgIpc) is 3.53. The third-order valence-corrected chi connectivity index (χ3v) is 5.19. The van der Waals surface area contributed by atoms with Gasteiger partial charge in [0.1, 0.15) is 17.9 Å². The first-order valence-electron chi connectivity index (χ1n) is 10.9. The second-order valence-electron chi connectivity index (χ2n) is 7.75. The van der Waals surface area contributed by atoms with Gasteiger partial charge < -0.3 is 4.74 Å². The lowest BCUT2D eigenvalue weighted by Crippen LogP contribution is -2.15. The van der Waals surface area contributed by atoms with E-state index in [0.29, 0.717) is 12.3 Å². The first-order valence-corrected chi connectivity index (χ1v) is 10.9. The predicted molar refractivity (Wildman–Crippen MR) is 128 cm³/mol. The zero-order chi connectivity index (χ0) is 24.0. The van der Waals surface area contributed by atoms with Gasteiger partial charge >= 0.3 is 0 Å². The summed E-state index contributed by atoms with van der Waals surface area (Å²) in [5, 5.41) is 11.1. The fourth-order valence-electron chi connectivity index (χ4n) is 3.49. The van der Waals surface area contributed by atoms with E-state index in [-0.39, 0.29) is 24.2 Å². The minimum atomic E-state index is -0.445. The van der Waals surface area contributed by atoms with Crippen LogP contribution in [0.25, 0.3) is 11.1 Å². The molecular formula is C26H21FN6O2. The standard InChI is InChI=1S/C26H21FN6O2/c27-22-8-4-5-19(15-22)16-33-17-28-26(31-33)29-25(34)24-13-14-32(30-24)18-35-23-11-9-21(10-12-23)20-6-2-1-3-7-20/h1-15,17H,16,18H2,(H,29,31,34). The van der Waals surface area contributed by atoms with Crippen LogP contribution in [0.2, 0.25) is 0 Å². The minimum Gasteiger partial charge on any atom is -0.471 e. The third-order valence-electron chi connectivity index (χ3n) is 5.19. The molecule has 0 aliphatic heterocycles. The summed E-state index contributed by atoms with van der Waals surface area (Å²) < 4.78 is 22.2. The Kier molecular flexibility index (Phi) is 6.29. The lowest BCUT2D eigenvalue weighted by Gasteiger charge is -2.07. The van der Waals surface area contributed by atoms with E-state index < -0.39 is 5.91 Å². The number of carbonyl (C=O) groups excluding carboxylic acids is 1. The molecule has 0 saturated carbocycles. The van der Waals surface area contributed by atoms with Crippen molar-refractivity contribution in [2.45, 2.75) is 13.3 Å². The highest BCUT2D eigenvalue weighted by atomic mass is 19.1. The second-order valence-corrected chi connectivity index (χ2v) is 7.75. The van der Waals surface area contributed by atoms with Crippen molar-refractivity contribution in [1.82, 2.24) is 24.5 Å². The molecule has 35 heavy (non-hydrogen) atoms. The molecule has 5 aromatic rings. The Morgan fingerprint density at radius 2 is 1.69 bits per heavy atom. The minimum absolute atomic E-state index is 0.135. The van der Waals surface area contributed by atoms with Gasteiger partial charge in [-0.1, -0.05) is 54.6 Å². The Balaban J connectivity index is 1.15. The van der Waals surface area contributed by atoms with Crippen molar-refractivity contribution in [3.63, 3.8) is 0 Å². The Hall–Kier alpha value is -4.79. The molecule has 8 nitrogen and oxygen atoms in total. The van der Waals surface area contributed by atoms with Crippen LogP contribution in [0.4, 0.5) is 10.3 Å². The number of hydrogen-bond acceptors (Lipinski definition) is 5. The van der Waals surface area contributed by atoms with E-state index in [1.165, 1.54) is 27.8 Å². The van der Waals surface area contributed by atoms with Crippen LogP contribution >= 0.6 is 0 Å². The predicted octanol–water partition coefficient (Wildman–Crippen LogP) is 4.62. The molecule has 174 valence electrons. The van der Waals surface area contributed by atoms with Crippen molar-refractivity contribution in [2.24, 2.45) is 0 Å². The number of carbonyl (C=O) groups is 1. The number of rotatable bonds is 8. The van der Waals surface area contributed by atoms with Crippen LogP contribution in [-0.2, 0) is 13.3 Å². The molecule has 0 spiro atoms. The lowest BCUT2D eigenvalue weighted by molar-refractivity contribution is 0.101. The maximum absolute atomic E-state index is 13.3. The number of nitrogens with zero attached hydrogens (tertiary/aromatic N) is 5.